The quantitative estimate of drug-likeness (QED) is 0.880. The van der Waals surface area contributed by atoms with Crippen molar-refractivity contribution in [2.24, 2.45) is 0 Å². The standard InChI is InChI=1S/C12H19N3O2S/c1-2-15(11-5-8-13-9-6-11)18(16,17)12-4-3-7-14-10-12/h3-4,7,10-11,13H,2,5-6,8-9H2,1H3. The molecule has 0 saturated carbocycles. The Hall–Kier alpha value is -0.980. The summed E-state index contributed by atoms with van der Waals surface area (Å²) >= 11 is 0. The first-order valence-corrected chi connectivity index (χ1v) is 7.73. The minimum atomic E-state index is -3.41. The van der Waals surface area contributed by atoms with Crippen LogP contribution in [0.1, 0.15) is 19.8 Å². The molecule has 1 N–H and O–H groups in total. The Morgan fingerprint density at radius 3 is 2.72 bits per heavy atom. The van der Waals surface area contributed by atoms with Crippen molar-refractivity contribution in [2.45, 2.75) is 30.7 Å². The molecule has 0 unspecified atom stereocenters. The maximum Gasteiger partial charge on any atom is 0.244 e. The average molecular weight is 269 g/mol. The Bertz CT molecular complexity index is 469. The highest BCUT2D eigenvalue weighted by Gasteiger charge is 2.30. The molecule has 100 valence electrons. The molecule has 0 spiro atoms. The molecule has 0 atom stereocenters. The molecule has 5 nitrogen and oxygen atoms in total. The molecule has 2 rings (SSSR count). The second-order valence-electron chi connectivity index (χ2n) is 4.38. The molecule has 0 amide bonds. The SMILES string of the molecule is CCN(C1CCNCC1)S(=O)(=O)c1cccnc1. The van der Waals surface area contributed by atoms with Gasteiger partial charge in [-0.1, -0.05) is 6.92 Å². The monoisotopic (exact) mass is 269 g/mol. The maximum atomic E-state index is 12.5. The molecule has 1 aromatic rings. The zero-order chi connectivity index (χ0) is 13.0. The van der Waals surface area contributed by atoms with Crippen molar-refractivity contribution < 1.29 is 8.42 Å². The Morgan fingerprint density at radius 2 is 2.17 bits per heavy atom. The van der Waals surface area contributed by atoms with E-state index in [1.54, 1.807) is 22.6 Å². The van der Waals surface area contributed by atoms with Gasteiger partial charge < -0.3 is 5.32 Å². The summed E-state index contributed by atoms with van der Waals surface area (Å²) in [4.78, 5) is 4.18. The smallest absolute Gasteiger partial charge is 0.244 e. The van der Waals surface area contributed by atoms with E-state index in [0.717, 1.165) is 25.9 Å². The Labute approximate surface area is 108 Å². The highest BCUT2D eigenvalue weighted by molar-refractivity contribution is 7.89. The van der Waals surface area contributed by atoms with Crippen LogP contribution in [-0.2, 0) is 10.0 Å². The maximum absolute atomic E-state index is 12.5. The Kier molecular flexibility index (Phi) is 4.31. The summed E-state index contributed by atoms with van der Waals surface area (Å²) in [5, 5.41) is 3.25. The molecular weight excluding hydrogens is 250 g/mol. The molecular formula is C12H19N3O2S. The zero-order valence-corrected chi connectivity index (χ0v) is 11.4. The molecule has 0 aromatic carbocycles. The third kappa shape index (κ3) is 2.71. The number of sulfonamides is 1. The molecule has 1 aliphatic heterocycles. The fraction of sp³-hybridized carbons (Fsp3) is 0.583. The first-order chi connectivity index (χ1) is 8.66. The van der Waals surface area contributed by atoms with Crippen LogP contribution in [-0.4, -0.2) is 43.4 Å². The minimum absolute atomic E-state index is 0.0986. The highest BCUT2D eigenvalue weighted by atomic mass is 32.2. The lowest BCUT2D eigenvalue weighted by Gasteiger charge is -2.32. The number of pyridine rings is 1. The summed E-state index contributed by atoms with van der Waals surface area (Å²) in [7, 11) is -3.41. The molecule has 0 bridgehead atoms. The summed E-state index contributed by atoms with van der Waals surface area (Å²) < 4.78 is 26.7. The van der Waals surface area contributed by atoms with Gasteiger partial charge in [0.1, 0.15) is 4.90 Å². The number of aromatic nitrogens is 1. The van der Waals surface area contributed by atoms with Crippen LogP contribution in [0, 0.1) is 0 Å². The van der Waals surface area contributed by atoms with Crippen LogP contribution >= 0.6 is 0 Å². The molecule has 18 heavy (non-hydrogen) atoms. The van der Waals surface area contributed by atoms with Gasteiger partial charge in [-0.2, -0.15) is 4.31 Å². The fourth-order valence-electron chi connectivity index (χ4n) is 2.35. The van der Waals surface area contributed by atoms with Crippen molar-refractivity contribution in [2.75, 3.05) is 19.6 Å². The normalized spacial score (nSPS) is 18.1. The number of nitrogens with zero attached hydrogens (tertiary/aromatic N) is 2. The second-order valence-corrected chi connectivity index (χ2v) is 6.27. The Morgan fingerprint density at radius 1 is 1.44 bits per heavy atom. The van der Waals surface area contributed by atoms with E-state index in [-0.39, 0.29) is 10.9 Å². The predicted octanol–water partition coefficient (Wildman–Crippen LogP) is 0.844. The number of rotatable bonds is 4. The van der Waals surface area contributed by atoms with Crippen LogP contribution < -0.4 is 5.32 Å². The third-order valence-electron chi connectivity index (χ3n) is 3.27. The van der Waals surface area contributed by atoms with E-state index in [4.69, 9.17) is 0 Å². The minimum Gasteiger partial charge on any atom is -0.317 e. The van der Waals surface area contributed by atoms with Crippen LogP contribution in [0.2, 0.25) is 0 Å². The lowest BCUT2D eigenvalue weighted by molar-refractivity contribution is 0.270. The van der Waals surface area contributed by atoms with Crippen LogP contribution in [0.25, 0.3) is 0 Å². The van der Waals surface area contributed by atoms with Gasteiger partial charge in [0.25, 0.3) is 0 Å². The van der Waals surface area contributed by atoms with E-state index >= 15 is 0 Å². The lowest BCUT2D eigenvalue weighted by Crippen LogP contribution is -2.45. The van der Waals surface area contributed by atoms with Crippen LogP contribution in [0.5, 0.6) is 0 Å². The summed E-state index contributed by atoms with van der Waals surface area (Å²) in [6.07, 6.45) is 4.74. The zero-order valence-electron chi connectivity index (χ0n) is 10.5. The predicted molar refractivity (Wildman–Crippen MR) is 69.7 cm³/mol. The number of hydrogen-bond donors (Lipinski definition) is 1. The second kappa shape index (κ2) is 5.77. The van der Waals surface area contributed by atoms with Crippen molar-refractivity contribution >= 4 is 10.0 Å². The molecule has 1 saturated heterocycles. The van der Waals surface area contributed by atoms with Crippen molar-refractivity contribution in [1.29, 1.82) is 0 Å². The average Bonchev–Trinajstić information content (AvgIpc) is 2.41. The molecule has 1 aliphatic rings. The summed E-state index contributed by atoms with van der Waals surface area (Å²) in [5.41, 5.74) is 0. The first kappa shape index (κ1) is 13.5. The topological polar surface area (TPSA) is 62.3 Å². The highest BCUT2D eigenvalue weighted by Crippen LogP contribution is 2.21. The van der Waals surface area contributed by atoms with Crippen LogP contribution in [0.3, 0.4) is 0 Å². The molecule has 1 aromatic heterocycles. The molecule has 0 radical (unpaired) electrons. The molecule has 2 heterocycles. The van der Waals surface area contributed by atoms with Crippen LogP contribution in [0.15, 0.2) is 29.4 Å². The van der Waals surface area contributed by atoms with Crippen molar-refractivity contribution in [3.05, 3.63) is 24.5 Å². The van der Waals surface area contributed by atoms with E-state index < -0.39 is 10.0 Å². The number of nitrogens with one attached hydrogen (secondary N) is 1. The van der Waals surface area contributed by atoms with Gasteiger partial charge in [-0.15, -0.1) is 0 Å². The van der Waals surface area contributed by atoms with E-state index in [1.165, 1.54) is 6.20 Å². The van der Waals surface area contributed by atoms with Gasteiger partial charge in [-0.25, -0.2) is 8.42 Å². The van der Waals surface area contributed by atoms with E-state index in [0.29, 0.717) is 6.54 Å². The van der Waals surface area contributed by atoms with Crippen molar-refractivity contribution in [3.63, 3.8) is 0 Å². The third-order valence-corrected chi connectivity index (χ3v) is 5.28. The van der Waals surface area contributed by atoms with Gasteiger partial charge in [-0.3, -0.25) is 4.98 Å². The summed E-state index contributed by atoms with van der Waals surface area (Å²) in [5.74, 6) is 0. The largest absolute Gasteiger partial charge is 0.317 e. The van der Waals surface area contributed by atoms with E-state index in [2.05, 4.69) is 10.3 Å². The summed E-state index contributed by atoms with van der Waals surface area (Å²) in [6.45, 7) is 4.14. The molecule has 1 fully saturated rings. The van der Waals surface area contributed by atoms with Crippen molar-refractivity contribution in [3.8, 4) is 0 Å². The number of piperidine rings is 1. The van der Waals surface area contributed by atoms with Crippen LogP contribution in [0.4, 0.5) is 0 Å². The molecule has 6 heteroatoms. The van der Waals surface area contributed by atoms with Gasteiger partial charge in [0.15, 0.2) is 0 Å². The fourth-order valence-corrected chi connectivity index (χ4v) is 4.01. The van der Waals surface area contributed by atoms with Gasteiger partial charge in [0.05, 0.1) is 0 Å². The van der Waals surface area contributed by atoms with Gasteiger partial charge in [-0.05, 0) is 38.1 Å². The van der Waals surface area contributed by atoms with Crippen molar-refractivity contribution in [1.82, 2.24) is 14.6 Å². The number of hydrogen-bond acceptors (Lipinski definition) is 4. The first-order valence-electron chi connectivity index (χ1n) is 6.29. The molecule has 0 aliphatic carbocycles. The summed E-state index contributed by atoms with van der Waals surface area (Å²) in [6, 6.07) is 3.36. The van der Waals surface area contributed by atoms with Gasteiger partial charge in [0.2, 0.25) is 10.0 Å². The van der Waals surface area contributed by atoms with Gasteiger partial charge in [0, 0.05) is 25.0 Å². The van der Waals surface area contributed by atoms with E-state index in [9.17, 15) is 8.42 Å². The van der Waals surface area contributed by atoms with Gasteiger partial charge >= 0.3 is 0 Å². The Balaban J connectivity index is 2.26. The van der Waals surface area contributed by atoms with E-state index in [1.807, 2.05) is 6.92 Å². The lowest BCUT2D eigenvalue weighted by atomic mass is 10.1.